The van der Waals surface area contributed by atoms with E-state index < -0.39 is 15.7 Å². The minimum absolute atomic E-state index is 0.0205. The van der Waals surface area contributed by atoms with E-state index in [-0.39, 0.29) is 27.5 Å². The zero-order chi connectivity index (χ0) is 23.5. The third-order valence-corrected chi connectivity index (χ3v) is 7.19. The van der Waals surface area contributed by atoms with Crippen LogP contribution in [0.5, 0.6) is 0 Å². The first-order valence-electron chi connectivity index (χ1n) is 9.45. The predicted molar refractivity (Wildman–Crippen MR) is 123 cm³/mol. The van der Waals surface area contributed by atoms with Gasteiger partial charge in [0, 0.05) is 28.2 Å². The fourth-order valence-electron chi connectivity index (χ4n) is 2.69. The van der Waals surface area contributed by atoms with E-state index in [4.69, 9.17) is 16.0 Å². The molecular weight excluding hydrogens is 472 g/mol. The van der Waals surface area contributed by atoms with Crippen molar-refractivity contribution in [1.82, 2.24) is 9.36 Å². The fourth-order valence-corrected chi connectivity index (χ4v) is 5.22. The number of nitrogens with one attached hydrogen (secondary N) is 1. The molecule has 1 N–H and O–H groups in total. The molecule has 0 saturated heterocycles. The van der Waals surface area contributed by atoms with Gasteiger partial charge in [0.15, 0.2) is 0 Å². The normalized spacial score (nSPS) is 12.1. The number of benzene rings is 1. The number of hydrogen-bond donors (Lipinski definition) is 1. The van der Waals surface area contributed by atoms with Crippen molar-refractivity contribution in [1.29, 1.82) is 5.26 Å². The van der Waals surface area contributed by atoms with Crippen molar-refractivity contribution >= 4 is 50.1 Å². The minimum atomic E-state index is -3.65. The van der Waals surface area contributed by atoms with Crippen LogP contribution in [0.2, 0.25) is 5.02 Å². The summed E-state index contributed by atoms with van der Waals surface area (Å²) in [5, 5.41) is 12.0. The van der Waals surface area contributed by atoms with Gasteiger partial charge >= 0.3 is 0 Å². The molecule has 0 fully saturated rings. The maximum atomic E-state index is 12.5. The summed E-state index contributed by atoms with van der Waals surface area (Å²) in [6, 6.07) is 10.6. The summed E-state index contributed by atoms with van der Waals surface area (Å²) in [4.78, 5) is 16.3. The van der Waals surface area contributed by atoms with Crippen molar-refractivity contribution in [3.8, 4) is 17.4 Å². The minimum Gasteiger partial charge on any atom is -0.457 e. The van der Waals surface area contributed by atoms with Crippen LogP contribution in [0.3, 0.4) is 0 Å². The molecule has 1 amide bonds. The Morgan fingerprint density at radius 2 is 2.09 bits per heavy atom. The Kier molecular flexibility index (Phi) is 7.13. The number of hydrogen-bond acceptors (Lipinski definition) is 8. The highest BCUT2D eigenvalue weighted by atomic mass is 35.5. The monoisotopic (exact) mass is 490 g/mol. The number of amides is 1. The predicted octanol–water partition coefficient (Wildman–Crippen LogP) is 4.74. The zero-order valence-electron chi connectivity index (χ0n) is 17.4. The summed E-state index contributed by atoms with van der Waals surface area (Å²) in [5.41, 5.74) is 1.45. The first-order chi connectivity index (χ1) is 15.1. The molecule has 0 saturated carbocycles. The Labute approximate surface area is 194 Å². The lowest BCUT2D eigenvalue weighted by Crippen LogP contribution is -2.15. The summed E-state index contributed by atoms with van der Waals surface area (Å²) >= 11 is 6.88. The van der Waals surface area contributed by atoms with Gasteiger partial charge in [-0.15, -0.1) is 0 Å². The molecule has 3 rings (SSSR count). The average molecular weight is 491 g/mol. The van der Waals surface area contributed by atoms with Crippen LogP contribution in [0.4, 0.5) is 5.13 Å². The lowest BCUT2D eigenvalue weighted by atomic mass is 10.1. The second-order valence-corrected chi connectivity index (χ2v) is 10.4. The van der Waals surface area contributed by atoms with Crippen LogP contribution in [0.25, 0.3) is 17.4 Å². The van der Waals surface area contributed by atoms with Gasteiger partial charge in [-0.05, 0) is 36.6 Å². The second-order valence-electron chi connectivity index (χ2n) is 7.35. The first-order valence-corrected chi connectivity index (χ1v) is 12.3. The molecule has 0 radical (unpaired) electrons. The van der Waals surface area contributed by atoms with E-state index in [1.807, 2.05) is 19.1 Å². The molecule has 0 spiro atoms. The summed E-state index contributed by atoms with van der Waals surface area (Å²) in [5.74, 6) is -0.134. The van der Waals surface area contributed by atoms with E-state index in [9.17, 15) is 18.5 Å². The van der Waals surface area contributed by atoms with E-state index in [2.05, 4.69) is 14.7 Å². The van der Waals surface area contributed by atoms with Gasteiger partial charge in [-0.3, -0.25) is 10.1 Å². The molecule has 0 aliphatic heterocycles. The third kappa shape index (κ3) is 5.62. The van der Waals surface area contributed by atoms with Crippen molar-refractivity contribution in [2.45, 2.75) is 25.9 Å². The van der Waals surface area contributed by atoms with Gasteiger partial charge in [-0.25, -0.2) is 8.42 Å². The molecule has 1 aromatic carbocycles. The molecule has 32 heavy (non-hydrogen) atoms. The van der Waals surface area contributed by atoms with Crippen LogP contribution in [0, 0.1) is 24.2 Å². The molecule has 0 bridgehead atoms. The number of carbonyl (C=O) groups excluding carboxylic acids is 1. The Hall–Kier alpha value is -3.00. The Morgan fingerprint density at radius 3 is 2.75 bits per heavy atom. The van der Waals surface area contributed by atoms with E-state index in [1.165, 1.54) is 6.08 Å². The molecule has 0 atom stereocenters. The second kappa shape index (κ2) is 9.65. The van der Waals surface area contributed by atoms with Crippen molar-refractivity contribution in [3.63, 3.8) is 0 Å². The number of aryl methyl sites for hydroxylation is 1. The molecule has 3 aromatic rings. The van der Waals surface area contributed by atoms with Crippen LogP contribution in [0.15, 0.2) is 45.5 Å². The number of rotatable bonds is 7. The van der Waals surface area contributed by atoms with Crippen LogP contribution >= 0.6 is 23.1 Å². The molecule has 0 aliphatic rings. The smallest absolute Gasteiger partial charge is 0.268 e. The SMILES string of the molecule is Cc1ccc(-c2ccc(C=C(C#N)C(=O)Nc3nc(S(=O)(=O)CC(C)C)ns3)o2)cc1Cl. The largest absolute Gasteiger partial charge is 0.457 e. The number of nitriles is 1. The first kappa shape index (κ1) is 23.7. The molecule has 8 nitrogen and oxygen atoms in total. The lowest BCUT2D eigenvalue weighted by Gasteiger charge is -2.02. The van der Waals surface area contributed by atoms with Gasteiger partial charge in [0.05, 0.1) is 5.75 Å². The average Bonchev–Trinajstić information content (AvgIpc) is 3.37. The molecule has 2 aromatic heterocycles. The van der Waals surface area contributed by atoms with Crippen LogP contribution in [-0.2, 0) is 14.6 Å². The van der Waals surface area contributed by atoms with Crippen molar-refractivity contribution in [2.24, 2.45) is 5.92 Å². The highest BCUT2D eigenvalue weighted by molar-refractivity contribution is 7.91. The number of nitrogens with zero attached hydrogens (tertiary/aromatic N) is 3. The van der Waals surface area contributed by atoms with Crippen LogP contribution < -0.4 is 5.32 Å². The number of aromatic nitrogens is 2. The van der Waals surface area contributed by atoms with Gasteiger partial charge in [0.2, 0.25) is 15.0 Å². The van der Waals surface area contributed by atoms with Gasteiger partial charge in [-0.2, -0.15) is 14.6 Å². The summed E-state index contributed by atoms with van der Waals surface area (Å²) in [6.07, 6.45) is 1.28. The maximum absolute atomic E-state index is 12.5. The fraction of sp³-hybridized carbons (Fsp3) is 0.238. The Balaban J connectivity index is 1.76. The van der Waals surface area contributed by atoms with Crippen LogP contribution in [0.1, 0.15) is 25.2 Å². The van der Waals surface area contributed by atoms with E-state index in [0.717, 1.165) is 22.7 Å². The highest BCUT2D eigenvalue weighted by Crippen LogP contribution is 2.28. The topological polar surface area (TPSA) is 126 Å². The quantitative estimate of drug-likeness (QED) is 0.374. The number of halogens is 1. The van der Waals surface area contributed by atoms with Gasteiger partial charge in [0.25, 0.3) is 11.1 Å². The summed E-state index contributed by atoms with van der Waals surface area (Å²) in [7, 11) is -3.65. The Morgan fingerprint density at radius 1 is 1.34 bits per heavy atom. The number of carbonyl (C=O) groups is 1. The maximum Gasteiger partial charge on any atom is 0.268 e. The van der Waals surface area contributed by atoms with E-state index in [0.29, 0.717) is 16.5 Å². The van der Waals surface area contributed by atoms with E-state index >= 15 is 0 Å². The number of furan rings is 1. The van der Waals surface area contributed by atoms with Gasteiger partial charge in [0.1, 0.15) is 23.2 Å². The molecule has 166 valence electrons. The van der Waals surface area contributed by atoms with Crippen molar-refractivity contribution in [3.05, 3.63) is 52.3 Å². The molecule has 0 unspecified atom stereocenters. The summed E-state index contributed by atoms with van der Waals surface area (Å²) < 4.78 is 34.0. The Bertz CT molecular complexity index is 1330. The molecule has 2 heterocycles. The summed E-state index contributed by atoms with van der Waals surface area (Å²) in [6.45, 7) is 5.43. The van der Waals surface area contributed by atoms with Gasteiger partial charge in [-0.1, -0.05) is 37.6 Å². The van der Waals surface area contributed by atoms with Crippen LogP contribution in [-0.4, -0.2) is 29.4 Å². The van der Waals surface area contributed by atoms with Crippen molar-refractivity contribution < 1.29 is 17.6 Å². The van der Waals surface area contributed by atoms with Gasteiger partial charge < -0.3 is 4.42 Å². The zero-order valence-corrected chi connectivity index (χ0v) is 19.8. The third-order valence-electron chi connectivity index (χ3n) is 4.19. The molecule has 0 aliphatic carbocycles. The van der Waals surface area contributed by atoms with E-state index in [1.54, 1.807) is 38.1 Å². The number of anilines is 1. The number of sulfone groups is 1. The lowest BCUT2D eigenvalue weighted by molar-refractivity contribution is -0.112. The molecular formula is C21H19ClN4O4S2. The van der Waals surface area contributed by atoms with Crippen molar-refractivity contribution in [2.75, 3.05) is 11.1 Å². The highest BCUT2D eigenvalue weighted by Gasteiger charge is 2.23. The standard InChI is InChI=1S/C21H19ClN4O4S2/c1-12(2)11-32(28,29)21-25-20(31-26-21)24-19(27)15(10-23)8-16-6-7-18(30-16)14-5-4-13(3)17(22)9-14/h4-9,12H,11H2,1-3H3,(H,24,25,26,27). The molecule has 11 heteroatoms.